The molecular weight excluding hydrogens is 454 g/mol. The van der Waals surface area contributed by atoms with Crippen molar-refractivity contribution in [3.8, 4) is 5.75 Å². The van der Waals surface area contributed by atoms with Gasteiger partial charge in [0.15, 0.2) is 0 Å². The van der Waals surface area contributed by atoms with Crippen molar-refractivity contribution in [1.29, 1.82) is 0 Å². The number of ether oxygens (including phenoxy) is 3. The Hall–Kier alpha value is -2.88. The number of nitrogens with one attached hydrogen (secondary N) is 1. The molecule has 0 bridgehead atoms. The maximum Gasteiger partial charge on any atom is 0.328 e. The van der Waals surface area contributed by atoms with Gasteiger partial charge in [0.2, 0.25) is 0 Å². The van der Waals surface area contributed by atoms with Crippen LogP contribution in [0.3, 0.4) is 0 Å². The number of hydrogen-bond donors (Lipinski definition) is 1. The molecule has 1 saturated heterocycles. The van der Waals surface area contributed by atoms with Crippen molar-refractivity contribution in [2.45, 2.75) is 25.9 Å². The van der Waals surface area contributed by atoms with E-state index in [4.69, 9.17) is 14.2 Å². The van der Waals surface area contributed by atoms with Crippen LogP contribution < -0.4 is 10.1 Å². The average Bonchev–Trinajstić information content (AvgIpc) is 3.47. The number of carbonyl (C=O) groups is 2. The maximum atomic E-state index is 13.6. The van der Waals surface area contributed by atoms with Gasteiger partial charge in [-0.1, -0.05) is 18.2 Å². The number of methoxy groups -OCH3 is 2. The van der Waals surface area contributed by atoms with E-state index in [1.807, 2.05) is 42.6 Å². The number of amides is 1. The zero-order chi connectivity index (χ0) is 24.1. The summed E-state index contributed by atoms with van der Waals surface area (Å²) in [7, 11) is 2.97. The van der Waals surface area contributed by atoms with Gasteiger partial charge in [0.1, 0.15) is 11.8 Å². The molecule has 1 aliphatic rings. The summed E-state index contributed by atoms with van der Waals surface area (Å²) in [4.78, 5) is 29.4. The summed E-state index contributed by atoms with van der Waals surface area (Å²) in [6, 6.07) is 8.82. The summed E-state index contributed by atoms with van der Waals surface area (Å²) < 4.78 is 18.2. The van der Waals surface area contributed by atoms with E-state index in [2.05, 4.69) is 14.8 Å². The molecule has 4 rings (SSSR count). The minimum Gasteiger partial charge on any atom is -0.495 e. The number of nitrogens with zero attached hydrogens (tertiary/aromatic N) is 2. The smallest absolute Gasteiger partial charge is 0.328 e. The molecule has 34 heavy (non-hydrogen) atoms. The number of rotatable bonds is 9. The molecule has 0 radical (unpaired) electrons. The molecule has 1 aliphatic heterocycles. The fourth-order valence-corrected chi connectivity index (χ4v) is 5.24. The molecule has 3 aromatic rings. The molecule has 0 spiro atoms. The van der Waals surface area contributed by atoms with Crippen molar-refractivity contribution in [1.82, 2.24) is 14.8 Å². The number of benzene rings is 1. The third-order valence-corrected chi connectivity index (χ3v) is 7.17. The maximum absolute atomic E-state index is 13.6. The standard InChI is InChI=1S/C25H31N3O5S/c1-17-22(24(29)26-20(25(30)32-3)16-18-6-5-15-34-18)19-7-4-8-21(31-2)23(19)28(17)10-9-27-11-13-33-14-12-27/h4-8,15,20H,9-14,16H2,1-3H3,(H,26,29). The van der Waals surface area contributed by atoms with Crippen LogP contribution in [0.5, 0.6) is 5.75 Å². The average molecular weight is 486 g/mol. The quantitative estimate of drug-likeness (QED) is 0.470. The minimum absolute atomic E-state index is 0.298. The lowest BCUT2D eigenvalue weighted by Gasteiger charge is -2.27. The fraction of sp³-hybridized carbons (Fsp3) is 0.440. The molecule has 8 nitrogen and oxygen atoms in total. The van der Waals surface area contributed by atoms with Crippen molar-refractivity contribution in [2.75, 3.05) is 47.1 Å². The van der Waals surface area contributed by atoms with E-state index < -0.39 is 12.0 Å². The van der Waals surface area contributed by atoms with E-state index in [1.54, 1.807) is 18.4 Å². The second-order valence-corrected chi connectivity index (χ2v) is 9.29. The summed E-state index contributed by atoms with van der Waals surface area (Å²) in [5, 5.41) is 5.67. The van der Waals surface area contributed by atoms with Crippen LogP contribution in [0.2, 0.25) is 0 Å². The van der Waals surface area contributed by atoms with Crippen LogP contribution in [-0.4, -0.2) is 74.5 Å². The summed E-state index contributed by atoms with van der Waals surface area (Å²) in [6.45, 7) is 6.77. The fourth-order valence-electron chi connectivity index (χ4n) is 4.49. The summed E-state index contributed by atoms with van der Waals surface area (Å²) in [5.74, 6) is -0.0504. The number of fused-ring (bicyclic) bond motifs is 1. The zero-order valence-corrected chi connectivity index (χ0v) is 20.7. The Morgan fingerprint density at radius 2 is 1.94 bits per heavy atom. The Morgan fingerprint density at radius 1 is 1.15 bits per heavy atom. The van der Waals surface area contributed by atoms with Gasteiger partial charge in [-0.2, -0.15) is 0 Å². The van der Waals surface area contributed by atoms with Crippen LogP contribution in [-0.2, 0) is 27.2 Å². The van der Waals surface area contributed by atoms with Gasteiger partial charge in [-0.3, -0.25) is 9.69 Å². The Bertz CT molecular complexity index is 1140. The highest BCUT2D eigenvalue weighted by Gasteiger charge is 2.28. The van der Waals surface area contributed by atoms with E-state index in [1.165, 1.54) is 7.11 Å². The predicted octanol–water partition coefficient (Wildman–Crippen LogP) is 2.87. The largest absolute Gasteiger partial charge is 0.495 e. The SMILES string of the molecule is COC(=O)C(Cc1cccs1)NC(=O)c1c(C)n(CCN2CCOCC2)c2c(OC)cccc12. The number of hydrogen-bond acceptors (Lipinski definition) is 7. The number of carbonyl (C=O) groups excluding carboxylic acids is 2. The molecule has 9 heteroatoms. The second-order valence-electron chi connectivity index (χ2n) is 8.26. The van der Waals surface area contributed by atoms with Crippen molar-refractivity contribution < 1.29 is 23.8 Å². The van der Waals surface area contributed by atoms with E-state index in [0.29, 0.717) is 24.3 Å². The van der Waals surface area contributed by atoms with Gasteiger partial charge in [-0.15, -0.1) is 11.3 Å². The van der Waals surface area contributed by atoms with Crippen molar-refractivity contribution in [3.05, 3.63) is 51.8 Å². The van der Waals surface area contributed by atoms with Gasteiger partial charge in [0.25, 0.3) is 5.91 Å². The Labute approximate surface area is 203 Å². The highest BCUT2D eigenvalue weighted by Crippen LogP contribution is 2.33. The first-order chi connectivity index (χ1) is 16.5. The van der Waals surface area contributed by atoms with Gasteiger partial charge in [-0.05, 0) is 24.4 Å². The third-order valence-electron chi connectivity index (χ3n) is 6.27. The van der Waals surface area contributed by atoms with Crippen LogP contribution in [0.1, 0.15) is 20.9 Å². The van der Waals surface area contributed by atoms with E-state index in [-0.39, 0.29) is 5.91 Å². The number of esters is 1. The number of thiophene rings is 1. The lowest BCUT2D eigenvalue weighted by Crippen LogP contribution is -2.43. The number of para-hydroxylation sites is 1. The zero-order valence-electron chi connectivity index (χ0n) is 19.8. The summed E-state index contributed by atoms with van der Waals surface area (Å²) in [5.41, 5.74) is 2.27. The molecule has 1 N–H and O–H groups in total. The Kier molecular flexibility index (Phi) is 7.87. The number of aromatic nitrogens is 1. The predicted molar refractivity (Wildman–Crippen MR) is 132 cm³/mol. The normalized spacial score (nSPS) is 15.3. The van der Waals surface area contributed by atoms with Crippen molar-refractivity contribution in [3.63, 3.8) is 0 Å². The molecule has 0 saturated carbocycles. The van der Waals surface area contributed by atoms with Gasteiger partial charge in [0, 0.05) is 48.6 Å². The minimum atomic E-state index is -0.770. The van der Waals surface area contributed by atoms with Crippen molar-refractivity contribution >= 4 is 34.1 Å². The molecule has 1 fully saturated rings. The molecule has 1 amide bonds. The lowest BCUT2D eigenvalue weighted by molar-refractivity contribution is -0.142. The Balaban J connectivity index is 1.66. The lowest BCUT2D eigenvalue weighted by atomic mass is 10.1. The van der Waals surface area contributed by atoms with E-state index in [9.17, 15) is 9.59 Å². The molecule has 1 unspecified atom stereocenters. The van der Waals surface area contributed by atoms with Crippen LogP contribution >= 0.6 is 11.3 Å². The van der Waals surface area contributed by atoms with Gasteiger partial charge >= 0.3 is 5.97 Å². The molecule has 182 valence electrons. The van der Waals surface area contributed by atoms with Crippen molar-refractivity contribution in [2.24, 2.45) is 0 Å². The highest BCUT2D eigenvalue weighted by molar-refractivity contribution is 7.09. The Morgan fingerprint density at radius 3 is 2.62 bits per heavy atom. The van der Waals surface area contributed by atoms with Crippen LogP contribution in [0.15, 0.2) is 35.7 Å². The monoisotopic (exact) mass is 485 g/mol. The van der Waals surface area contributed by atoms with Crippen LogP contribution in [0.25, 0.3) is 10.9 Å². The topological polar surface area (TPSA) is 82.0 Å². The molecule has 1 atom stereocenters. The van der Waals surface area contributed by atoms with E-state index in [0.717, 1.165) is 54.3 Å². The van der Waals surface area contributed by atoms with Crippen LogP contribution in [0, 0.1) is 6.92 Å². The molecular formula is C25H31N3O5S. The second kappa shape index (κ2) is 11.0. The molecule has 0 aliphatic carbocycles. The third kappa shape index (κ3) is 5.11. The van der Waals surface area contributed by atoms with Gasteiger partial charge in [-0.25, -0.2) is 4.79 Å². The molecule has 2 aromatic heterocycles. The first-order valence-electron chi connectivity index (χ1n) is 11.4. The van der Waals surface area contributed by atoms with E-state index >= 15 is 0 Å². The number of morpholine rings is 1. The summed E-state index contributed by atoms with van der Waals surface area (Å²) in [6.07, 6.45) is 0.383. The van der Waals surface area contributed by atoms with Crippen LogP contribution in [0.4, 0.5) is 0 Å². The first-order valence-corrected chi connectivity index (χ1v) is 12.3. The highest BCUT2D eigenvalue weighted by atomic mass is 32.1. The summed E-state index contributed by atoms with van der Waals surface area (Å²) >= 11 is 1.54. The molecule has 3 heterocycles. The first kappa shape index (κ1) is 24.3. The van der Waals surface area contributed by atoms with Gasteiger partial charge in [0.05, 0.1) is 38.5 Å². The van der Waals surface area contributed by atoms with Gasteiger partial charge < -0.3 is 24.1 Å². The molecule has 1 aromatic carbocycles.